The maximum atomic E-state index is 13.5. The molecular weight excluding hydrogens is 490 g/mol. The van der Waals surface area contributed by atoms with Crippen LogP contribution in [0.3, 0.4) is 0 Å². The van der Waals surface area contributed by atoms with Crippen molar-refractivity contribution in [2.75, 3.05) is 28.4 Å². The average Bonchev–Trinajstić information content (AvgIpc) is 3.28. The van der Waals surface area contributed by atoms with Crippen LogP contribution in [0.5, 0.6) is 34.5 Å². The van der Waals surface area contributed by atoms with E-state index in [1.807, 2.05) is 22.8 Å². The summed E-state index contributed by atoms with van der Waals surface area (Å²) in [7, 11) is 6.09. The number of aromatic hydroxyl groups is 2. The second-order valence-electron chi connectivity index (χ2n) is 9.01. The molecule has 0 atom stereocenters. The van der Waals surface area contributed by atoms with E-state index in [4.69, 9.17) is 23.4 Å². The first kappa shape index (κ1) is 23.6. The first-order valence-corrected chi connectivity index (χ1v) is 11.9. The predicted molar refractivity (Wildman–Crippen MR) is 142 cm³/mol. The summed E-state index contributed by atoms with van der Waals surface area (Å²) in [6.07, 6.45) is 0.589. The number of ether oxygens (including phenoxy) is 4. The fourth-order valence-electron chi connectivity index (χ4n) is 5.44. The second-order valence-corrected chi connectivity index (χ2v) is 9.01. The van der Waals surface area contributed by atoms with Crippen LogP contribution in [-0.2, 0) is 13.0 Å². The van der Waals surface area contributed by atoms with Crippen LogP contribution in [0.1, 0.15) is 5.56 Å². The fourth-order valence-corrected chi connectivity index (χ4v) is 5.44. The van der Waals surface area contributed by atoms with Crippen LogP contribution in [-0.4, -0.2) is 43.2 Å². The van der Waals surface area contributed by atoms with Gasteiger partial charge >= 0.3 is 5.63 Å². The van der Waals surface area contributed by atoms with E-state index in [0.29, 0.717) is 46.5 Å². The number of phenolic OH excluding ortho intramolecular Hbond substituents is 2. The van der Waals surface area contributed by atoms with Crippen molar-refractivity contribution in [1.82, 2.24) is 4.57 Å². The molecule has 9 nitrogen and oxygen atoms in total. The molecule has 0 amide bonds. The summed E-state index contributed by atoms with van der Waals surface area (Å²) in [4.78, 5) is 13.5. The number of benzene rings is 3. The van der Waals surface area contributed by atoms with E-state index in [0.717, 1.165) is 27.9 Å². The molecule has 5 aromatic rings. The van der Waals surface area contributed by atoms with Crippen molar-refractivity contribution in [1.29, 1.82) is 0 Å². The summed E-state index contributed by atoms with van der Waals surface area (Å²) < 4.78 is 29.5. The van der Waals surface area contributed by atoms with Crippen LogP contribution in [0.4, 0.5) is 0 Å². The minimum absolute atomic E-state index is 0.0497. The largest absolute Gasteiger partial charge is 0.504 e. The van der Waals surface area contributed by atoms with E-state index >= 15 is 0 Å². The Hall–Kier alpha value is -4.79. The van der Waals surface area contributed by atoms with Gasteiger partial charge in [-0.05, 0) is 47.9 Å². The Morgan fingerprint density at radius 1 is 0.816 bits per heavy atom. The molecule has 0 unspecified atom stereocenters. The molecule has 194 valence electrons. The monoisotopic (exact) mass is 515 g/mol. The maximum absolute atomic E-state index is 13.5. The van der Waals surface area contributed by atoms with Gasteiger partial charge in [0.2, 0.25) is 0 Å². The molecule has 1 aliphatic rings. The topological polar surface area (TPSA) is 113 Å². The SMILES string of the molecule is COc1cc2c(cc1O)CCn1c-2c(-c2ccc(OC)c(OC)c2)c2c3cc(OC)c(O)cc3oc(=O)c21. The molecule has 0 saturated carbocycles. The Balaban J connectivity index is 1.84. The zero-order valence-corrected chi connectivity index (χ0v) is 21.2. The van der Waals surface area contributed by atoms with E-state index in [9.17, 15) is 15.0 Å². The van der Waals surface area contributed by atoms with E-state index in [1.54, 1.807) is 32.4 Å². The Bertz CT molecular complexity index is 1810. The second kappa shape index (κ2) is 8.65. The van der Waals surface area contributed by atoms with Crippen molar-refractivity contribution in [2.24, 2.45) is 0 Å². The van der Waals surface area contributed by atoms with E-state index in [2.05, 4.69) is 0 Å². The average molecular weight is 516 g/mol. The fraction of sp³-hybridized carbons (Fsp3) is 0.207. The van der Waals surface area contributed by atoms with Gasteiger partial charge in [-0.25, -0.2) is 4.79 Å². The quantitative estimate of drug-likeness (QED) is 0.312. The van der Waals surface area contributed by atoms with Crippen molar-refractivity contribution in [3.8, 4) is 56.9 Å². The summed E-state index contributed by atoms with van der Waals surface area (Å²) in [5, 5.41) is 22.1. The van der Waals surface area contributed by atoms with Crippen LogP contribution < -0.4 is 24.6 Å². The molecule has 3 aromatic carbocycles. The van der Waals surface area contributed by atoms with Gasteiger partial charge in [0.25, 0.3) is 0 Å². The lowest BCUT2D eigenvalue weighted by molar-refractivity contribution is 0.355. The lowest BCUT2D eigenvalue weighted by Crippen LogP contribution is -2.14. The predicted octanol–water partition coefficient (Wildman–Crippen LogP) is 5.08. The highest BCUT2D eigenvalue weighted by atomic mass is 16.5. The van der Waals surface area contributed by atoms with Crippen LogP contribution in [0.25, 0.3) is 44.3 Å². The van der Waals surface area contributed by atoms with E-state index in [1.165, 1.54) is 20.3 Å². The van der Waals surface area contributed by atoms with Crippen LogP contribution in [0.2, 0.25) is 0 Å². The molecule has 0 saturated heterocycles. The number of aryl methyl sites for hydroxylation is 2. The van der Waals surface area contributed by atoms with E-state index < -0.39 is 5.63 Å². The van der Waals surface area contributed by atoms with Crippen molar-refractivity contribution in [2.45, 2.75) is 13.0 Å². The first-order chi connectivity index (χ1) is 18.4. The lowest BCUT2D eigenvalue weighted by Gasteiger charge is -2.22. The summed E-state index contributed by atoms with van der Waals surface area (Å²) in [5.74, 6) is 1.58. The molecule has 2 N–H and O–H groups in total. The van der Waals surface area contributed by atoms with Gasteiger partial charge < -0.3 is 38.1 Å². The van der Waals surface area contributed by atoms with E-state index in [-0.39, 0.29) is 22.8 Å². The Morgan fingerprint density at radius 2 is 1.50 bits per heavy atom. The van der Waals surface area contributed by atoms with Crippen molar-refractivity contribution >= 4 is 21.9 Å². The number of aromatic nitrogens is 1. The van der Waals surface area contributed by atoms with Gasteiger partial charge in [-0.3, -0.25) is 0 Å². The van der Waals surface area contributed by atoms with Gasteiger partial charge in [-0.1, -0.05) is 6.07 Å². The number of rotatable bonds is 5. The molecule has 2 aromatic heterocycles. The molecule has 0 aliphatic carbocycles. The standard InChI is InChI=1S/C29H25NO8/c1-34-20-6-5-15(10-24(20)37-4)25-26-17-12-23(36-3)19(32)13-21(17)38-29(33)28(26)30-8-7-14-9-18(31)22(35-2)11-16(14)27(25)30/h5-6,9-13,31-32H,7-8H2,1-4H3. The molecule has 0 radical (unpaired) electrons. The highest BCUT2D eigenvalue weighted by Gasteiger charge is 2.30. The van der Waals surface area contributed by atoms with Gasteiger partial charge in [0.05, 0.1) is 34.1 Å². The molecule has 0 bridgehead atoms. The summed E-state index contributed by atoms with van der Waals surface area (Å²) in [6, 6.07) is 12.1. The molecular formula is C29H25NO8. The highest BCUT2D eigenvalue weighted by Crippen LogP contribution is 2.49. The highest BCUT2D eigenvalue weighted by molar-refractivity contribution is 6.17. The van der Waals surface area contributed by atoms with Gasteiger partial charge in [-0.15, -0.1) is 0 Å². The minimum atomic E-state index is -0.528. The molecule has 9 heteroatoms. The van der Waals surface area contributed by atoms with Gasteiger partial charge in [-0.2, -0.15) is 0 Å². The lowest BCUT2D eigenvalue weighted by atomic mass is 9.91. The number of nitrogens with zero attached hydrogens (tertiary/aromatic N) is 1. The van der Waals surface area contributed by atoms with Gasteiger partial charge in [0, 0.05) is 34.5 Å². The van der Waals surface area contributed by atoms with Crippen molar-refractivity contribution in [3.05, 3.63) is 58.4 Å². The smallest absolute Gasteiger partial charge is 0.361 e. The maximum Gasteiger partial charge on any atom is 0.361 e. The van der Waals surface area contributed by atoms with Gasteiger partial charge in [0.1, 0.15) is 11.1 Å². The Labute approximate surface area is 217 Å². The zero-order chi connectivity index (χ0) is 26.7. The molecule has 3 heterocycles. The Morgan fingerprint density at radius 3 is 2.21 bits per heavy atom. The number of phenols is 2. The normalized spacial score (nSPS) is 12.3. The molecule has 1 aliphatic heterocycles. The molecule has 6 rings (SSSR count). The third-order valence-electron chi connectivity index (χ3n) is 7.15. The molecule has 38 heavy (non-hydrogen) atoms. The van der Waals surface area contributed by atoms with Crippen molar-refractivity contribution < 1.29 is 33.6 Å². The first-order valence-electron chi connectivity index (χ1n) is 11.9. The summed E-state index contributed by atoms with van der Waals surface area (Å²) in [6.45, 7) is 0.489. The third-order valence-corrected chi connectivity index (χ3v) is 7.15. The van der Waals surface area contributed by atoms with Crippen LogP contribution in [0.15, 0.2) is 51.7 Å². The number of fused-ring (bicyclic) bond motifs is 7. The number of hydrogen-bond donors (Lipinski definition) is 2. The Kier molecular flexibility index (Phi) is 5.37. The summed E-state index contributed by atoms with van der Waals surface area (Å²) >= 11 is 0. The zero-order valence-electron chi connectivity index (χ0n) is 21.2. The number of hydrogen-bond acceptors (Lipinski definition) is 8. The van der Waals surface area contributed by atoms with Crippen LogP contribution in [0, 0.1) is 0 Å². The van der Waals surface area contributed by atoms with Crippen LogP contribution >= 0.6 is 0 Å². The molecule has 0 spiro atoms. The third kappa shape index (κ3) is 3.28. The van der Waals surface area contributed by atoms with Crippen molar-refractivity contribution in [3.63, 3.8) is 0 Å². The summed E-state index contributed by atoms with van der Waals surface area (Å²) in [5.41, 5.74) is 4.16. The van der Waals surface area contributed by atoms with Gasteiger partial charge in [0.15, 0.2) is 34.5 Å². The number of methoxy groups -OCH3 is 4. The minimum Gasteiger partial charge on any atom is -0.504 e. The molecule has 0 fully saturated rings.